The van der Waals surface area contributed by atoms with E-state index in [0.717, 1.165) is 42.9 Å². The second kappa shape index (κ2) is 7.89. The van der Waals surface area contributed by atoms with Crippen LogP contribution in [0.4, 0.5) is 0 Å². The van der Waals surface area contributed by atoms with Gasteiger partial charge in [-0.1, -0.05) is 17.9 Å². The van der Waals surface area contributed by atoms with E-state index < -0.39 is 0 Å². The van der Waals surface area contributed by atoms with Gasteiger partial charge in [-0.15, -0.1) is 22.7 Å². The van der Waals surface area contributed by atoms with Gasteiger partial charge in [0.1, 0.15) is 6.61 Å². The lowest BCUT2D eigenvalue weighted by Crippen LogP contribution is -2.37. The van der Waals surface area contributed by atoms with Crippen LogP contribution in [0.5, 0.6) is 0 Å². The van der Waals surface area contributed by atoms with E-state index in [1.165, 1.54) is 16.2 Å². The van der Waals surface area contributed by atoms with E-state index in [1.807, 2.05) is 22.9 Å². The number of ketones is 1. The van der Waals surface area contributed by atoms with Gasteiger partial charge in [0.15, 0.2) is 5.78 Å². The summed E-state index contributed by atoms with van der Waals surface area (Å²) in [5.74, 6) is 6.03. The lowest BCUT2D eigenvalue weighted by Gasteiger charge is -2.31. The number of piperidine rings is 1. The van der Waals surface area contributed by atoms with Crippen LogP contribution in [0.1, 0.15) is 33.0 Å². The van der Waals surface area contributed by atoms with Crippen molar-refractivity contribution in [1.82, 2.24) is 4.90 Å². The number of likely N-dealkylation sites (tertiary alicyclic amines) is 1. The van der Waals surface area contributed by atoms with Gasteiger partial charge >= 0.3 is 0 Å². The zero-order valence-corrected chi connectivity index (χ0v) is 14.5. The second-order valence-corrected chi connectivity index (χ2v) is 7.62. The van der Waals surface area contributed by atoms with Crippen molar-refractivity contribution < 1.29 is 9.90 Å². The van der Waals surface area contributed by atoms with Gasteiger partial charge in [0.2, 0.25) is 0 Å². The van der Waals surface area contributed by atoms with Gasteiger partial charge in [0, 0.05) is 34.8 Å². The maximum atomic E-state index is 12.5. The van der Waals surface area contributed by atoms with Crippen molar-refractivity contribution in [3.05, 3.63) is 44.3 Å². The first-order valence-electron chi connectivity index (χ1n) is 7.73. The van der Waals surface area contributed by atoms with Gasteiger partial charge in [0.05, 0.1) is 4.88 Å². The maximum absolute atomic E-state index is 12.5. The van der Waals surface area contributed by atoms with Gasteiger partial charge in [-0.2, -0.15) is 0 Å². The molecule has 0 bridgehead atoms. The molecule has 1 fully saturated rings. The predicted molar refractivity (Wildman–Crippen MR) is 94.9 cm³/mol. The Bertz CT molecular complexity index is 709. The lowest BCUT2D eigenvalue weighted by molar-refractivity contribution is 0.0817. The Hall–Kier alpha value is -1.45. The molecule has 3 heterocycles. The molecule has 1 N–H and O–H groups in total. The van der Waals surface area contributed by atoms with Crippen molar-refractivity contribution in [2.75, 3.05) is 19.7 Å². The summed E-state index contributed by atoms with van der Waals surface area (Å²) in [6, 6.07) is 5.95. The van der Waals surface area contributed by atoms with Gasteiger partial charge in [0.25, 0.3) is 0 Å². The van der Waals surface area contributed by atoms with Crippen molar-refractivity contribution in [2.45, 2.75) is 19.4 Å². The number of hydrogen-bond donors (Lipinski definition) is 1. The molecule has 0 radical (unpaired) electrons. The molecule has 0 spiro atoms. The first-order chi connectivity index (χ1) is 11.3. The second-order valence-electron chi connectivity index (χ2n) is 5.68. The molecule has 2 aromatic heterocycles. The number of carbonyl (C=O) groups is 1. The minimum atomic E-state index is -0.107. The zero-order chi connectivity index (χ0) is 16.1. The van der Waals surface area contributed by atoms with Crippen molar-refractivity contribution >= 4 is 28.5 Å². The fraction of sp³-hybridized carbons (Fsp3) is 0.389. The molecule has 23 heavy (non-hydrogen) atoms. The van der Waals surface area contributed by atoms with Crippen molar-refractivity contribution in [3.63, 3.8) is 0 Å². The van der Waals surface area contributed by atoms with E-state index in [2.05, 4.69) is 22.8 Å². The Balaban J connectivity index is 1.60. The third-order valence-electron chi connectivity index (χ3n) is 3.99. The third kappa shape index (κ3) is 4.30. The van der Waals surface area contributed by atoms with Crippen molar-refractivity contribution in [2.24, 2.45) is 5.92 Å². The monoisotopic (exact) mass is 345 g/mol. The molecule has 0 aromatic carbocycles. The molecule has 1 unspecified atom stereocenters. The van der Waals surface area contributed by atoms with Gasteiger partial charge in [-0.25, -0.2) is 0 Å². The summed E-state index contributed by atoms with van der Waals surface area (Å²) in [6.45, 7) is 2.65. The molecular weight excluding hydrogens is 326 g/mol. The number of Topliss-reactive ketones (excluding diaryl/α,β-unsaturated/α-hetero) is 1. The molecule has 5 heteroatoms. The minimum absolute atomic E-state index is 0.107. The first-order valence-corrected chi connectivity index (χ1v) is 9.49. The number of aliphatic hydroxyl groups excluding tert-OH is 1. The molecule has 3 nitrogen and oxygen atoms in total. The summed E-state index contributed by atoms with van der Waals surface area (Å²) in [6.07, 6.45) is 2.06. The van der Waals surface area contributed by atoms with Crippen LogP contribution in [0, 0.1) is 17.8 Å². The summed E-state index contributed by atoms with van der Waals surface area (Å²) in [7, 11) is 0. The van der Waals surface area contributed by atoms with Gasteiger partial charge < -0.3 is 5.11 Å². The zero-order valence-electron chi connectivity index (χ0n) is 12.8. The average Bonchev–Trinajstić information content (AvgIpc) is 3.24. The number of thiophene rings is 2. The Morgan fingerprint density at radius 2 is 2.35 bits per heavy atom. The summed E-state index contributed by atoms with van der Waals surface area (Å²) in [5.41, 5.74) is 0.960. The topological polar surface area (TPSA) is 40.5 Å². The molecule has 1 aliphatic heterocycles. The Labute approximate surface area is 144 Å². The molecule has 0 saturated carbocycles. The van der Waals surface area contributed by atoms with E-state index in [0.29, 0.717) is 5.78 Å². The number of aliphatic hydroxyl groups is 1. The summed E-state index contributed by atoms with van der Waals surface area (Å²) in [5, 5.41) is 12.7. The molecule has 1 atom stereocenters. The molecule has 1 aliphatic rings. The molecule has 120 valence electrons. The highest BCUT2D eigenvalue weighted by Crippen LogP contribution is 2.25. The summed E-state index contributed by atoms with van der Waals surface area (Å²) < 4.78 is 0. The van der Waals surface area contributed by atoms with Crippen LogP contribution in [0.15, 0.2) is 29.0 Å². The fourth-order valence-electron chi connectivity index (χ4n) is 2.92. The fourth-order valence-corrected chi connectivity index (χ4v) is 4.53. The molecule has 3 rings (SSSR count). The minimum Gasteiger partial charge on any atom is -0.384 e. The van der Waals surface area contributed by atoms with Gasteiger partial charge in [-0.05, 0) is 36.9 Å². The first kappa shape index (κ1) is 16.4. The SMILES string of the molecule is O=C(c1cccs1)C1CCCN(Cc2cc(C#CCO)cs2)C1. The van der Waals surface area contributed by atoms with E-state index in [4.69, 9.17) is 5.11 Å². The number of nitrogens with zero attached hydrogens (tertiary/aromatic N) is 1. The highest BCUT2D eigenvalue weighted by atomic mass is 32.1. The summed E-state index contributed by atoms with van der Waals surface area (Å²) in [4.78, 5) is 17.0. The molecule has 0 aliphatic carbocycles. The van der Waals surface area contributed by atoms with E-state index in [9.17, 15) is 4.79 Å². The highest BCUT2D eigenvalue weighted by Gasteiger charge is 2.27. The van der Waals surface area contributed by atoms with Crippen molar-refractivity contribution in [1.29, 1.82) is 0 Å². The Kier molecular flexibility index (Phi) is 5.63. The van der Waals surface area contributed by atoms with Crippen LogP contribution in [-0.4, -0.2) is 35.5 Å². The van der Waals surface area contributed by atoms with Crippen LogP contribution in [-0.2, 0) is 6.54 Å². The Morgan fingerprint density at radius 3 is 3.13 bits per heavy atom. The standard InChI is InChI=1S/C18H19NO2S2/c20-8-2-4-14-10-16(23-13-14)12-19-7-1-5-15(11-19)18(21)17-6-3-9-22-17/h3,6,9-10,13,15,20H,1,5,7-8,11-12H2. The van der Waals surface area contributed by atoms with Crippen molar-refractivity contribution in [3.8, 4) is 11.8 Å². The highest BCUT2D eigenvalue weighted by molar-refractivity contribution is 7.12. The molecule has 2 aromatic rings. The summed E-state index contributed by atoms with van der Waals surface area (Å²) >= 11 is 3.23. The molecule has 0 amide bonds. The number of rotatable bonds is 4. The van der Waals surface area contributed by atoms with Crippen LogP contribution >= 0.6 is 22.7 Å². The van der Waals surface area contributed by atoms with Crippen LogP contribution in [0.3, 0.4) is 0 Å². The molecule has 1 saturated heterocycles. The normalized spacial score (nSPS) is 18.4. The maximum Gasteiger partial charge on any atom is 0.177 e. The quantitative estimate of drug-likeness (QED) is 0.683. The molecular formula is C18H19NO2S2. The van der Waals surface area contributed by atoms with E-state index in [-0.39, 0.29) is 12.5 Å². The Morgan fingerprint density at radius 1 is 1.43 bits per heavy atom. The van der Waals surface area contributed by atoms with E-state index >= 15 is 0 Å². The van der Waals surface area contributed by atoms with Crippen LogP contribution in [0.25, 0.3) is 0 Å². The van der Waals surface area contributed by atoms with Gasteiger partial charge in [-0.3, -0.25) is 9.69 Å². The smallest absolute Gasteiger partial charge is 0.177 e. The lowest BCUT2D eigenvalue weighted by atomic mass is 9.93. The largest absolute Gasteiger partial charge is 0.384 e. The number of carbonyl (C=O) groups excluding carboxylic acids is 1. The van der Waals surface area contributed by atoms with Crippen LogP contribution in [0.2, 0.25) is 0 Å². The number of hydrogen-bond acceptors (Lipinski definition) is 5. The third-order valence-corrected chi connectivity index (χ3v) is 5.79. The average molecular weight is 345 g/mol. The predicted octanol–water partition coefficient (Wildman–Crippen LogP) is 3.25. The van der Waals surface area contributed by atoms with Crippen LogP contribution < -0.4 is 0 Å². The van der Waals surface area contributed by atoms with E-state index in [1.54, 1.807) is 11.3 Å².